The van der Waals surface area contributed by atoms with Crippen molar-refractivity contribution in [2.45, 2.75) is 74.6 Å². The standard InChI is InChI=1S/C17H31NO5S2/c1-10-7-5-3-4-6-8-24-17-15(21)13(19)14(20)16(23-17)12(10)9-11(2)25(18)22/h5,7,10-17,19-21H,3-4,6,8-9,18H2,1-2H3/t10-,11?,12-,13+,14-,15-,16-,17-,25?/m1/s1. The van der Waals surface area contributed by atoms with Gasteiger partial charge < -0.3 is 24.6 Å². The zero-order valence-electron chi connectivity index (χ0n) is 14.9. The second-order valence-electron chi connectivity index (χ2n) is 7.13. The van der Waals surface area contributed by atoms with Gasteiger partial charge in [0.25, 0.3) is 0 Å². The number of nitrogens with two attached hydrogens (primary N) is 1. The Labute approximate surface area is 157 Å². The van der Waals surface area contributed by atoms with Gasteiger partial charge in [0, 0.05) is 17.8 Å². The Morgan fingerprint density at radius 1 is 1.28 bits per heavy atom. The zero-order chi connectivity index (χ0) is 18.6. The number of hydrogen-bond donors (Lipinski definition) is 4. The third kappa shape index (κ3) is 5.59. The van der Waals surface area contributed by atoms with Crippen LogP contribution in [-0.2, 0) is 16.1 Å². The molecule has 1 saturated heterocycles. The molecular formula is C17H31NO5S2. The van der Waals surface area contributed by atoms with Gasteiger partial charge in [0.15, 0.2) is 0 Å². The molecule has 5 N–H and O–H groups in total. The molecule has 0 radical (unpaired) electrons. The lowest BCUT2D eigenvalue weighted by Crippen LogP contribution is -2.59. The molecule has 0 spiro atoms. The molecule has 146 valence electrons. The molecule has 2 aliphatic rings. The van der Waals surface area contributed by atoms with Crippen LogP contribution in [0.3, 0.4) is 0 Å². The summed E-state index contributed by atoms with van der Waals surface area (Å²) in [5, 5.41) is 36.4. The summed E-state index contributed by atoms with van der Waals surface area (Å²) in [6.07, 6.45) is 3.61. The second-order valence-corrected chi connectivity index (χ2v) is 9.80. The second kappa shape index (κ2) is 9.94. The number of aliphatic hydroxyl groups is 3. The van der Waals surface area contributed by atoms with Crippen LogP contribution in [-0.4, -0.2) is 60.7 Å². The molecule has 0 aromatic carbocycles. The number of thioether (sulfide) groups is 1. The summed E-state index contributed by atoms with van der Waals surface area (Å²) in [5.74, 6) is 0.741. The summed E-state index contributed by atoms with van der Waals surface area (Å²) < 4.78 is 17.7. The summed E-state index contributed by atoms with van der Waals surface area (Å²) in [4.78, 5) is 0. The third-order valence-corrected chi connectivity index (χ3v) is 7.42. The van der Waals surface area contributed by atoms with Crippen molar-refractivity contribution in [3.05, 3.63) is 12.2 Å². The van der Waals surface area contributed by atoms with Crippen LogP contribution in [0, 0.1) is 11.8 Å². The number of rotatable bonds is 3. The lowest BCUT2D eigenvalue weighted by Gasteiger charge is -2.45. The van der Waals surface area contributed by atoms with E-state index in [1.807, 2.05) is 13.8 Å². The number of fused-ring (bicyclic) bond motifs is 2. The first-order valence-electron chi connectivity index (χ1n) is 8.95. The average molecular weight is 394 g/mol. The fourth-order valence-electron chi connectivity index (χ4n) is 3.51. The Morgan fingerprint density at radius 2 is 2.00 bits per heavy atom. The molecule has 2 heterocycles. The highest BCUT2D eigenvalue weighted by molar-refractivity contribution is 7.99. The average Bonchev–Trinajstić information content (AvgIpc) is 2.57. The number of aliphatic hydroxyl groups excluding tert-OH is 3. The van der Waals surface area contributed by atoms with Crippen molar-refractivity contribution in [1.29, 1.82) is 0 Å². The Balaban J connectivity index is 2.28. The van der Waals surface area contributed by atoms with Crippen LogP contribution in [0.5, 0.6) is 0 Å². The van der Waals surface area contributed by atoms with E-state index in [1.165, 1.54) is 11.8 Å². The lowest BCUT2D eigenvalue weighted by atomic mass is 9.79. The van der Waals surface area contributed by atoms with Gasteiger partial charge in [0.05, 0.1) is 6.10 Å². The van der Waals surface area contributed by atoms with E-state index in [-0.39, 0.29) is 17.1 Å². The largest absolute Gasteiger partial charge is 0.598 e. The molecule has 0 aliphatic carbocycles. The van der Waals surface area contributed by atoms with Crippen LogP contribution in [0.15, 0.2) is 12.2 Å². The lowest BCUT2D eigenvalue weighted by molar-refractivity contribution is -0.214. The van der Waals surface area contributed by atoms with Gasteiger partial charge in [0.1, 0.15) is 29.0 Å². The fourth-order valence-corrected chi connectivity index (χ4v) is 5.09. The van der Waals surface area contributed by atoms with Crippen LogP contribution in [0.25, 0.3) is 0 Å². The first-order valence-corrected chi connectivity index (χ1v) is 11.3. The molecule has 0 saturated carbocycles. The van der Waals surface area contributed by atoms with Gasteiger partial charge in [-0.05, 0) is 43.8 Å². The predicted octanol–water partition coefficient (Wildman–Crippen LogP) is 0.921. The molecular weight excluding hydrogens is 362 g/mol. The topological polar surface area (TPSA) is 119 Å². The van der Waals surface area contributed by atoms with E-state index >= 15 is 0 Å². The minimum Gasteiger partial charge on any atom is -0.598 e. The molecule has 1 fully saturated rings. The summed E-state index contributed by atoms with van der Waals surface area (Å²) >= 11 is 0.0173. The number of hydrogen-bond acceptors (Lipinski definition) is 7. The third-order valence-electron chi connectivity index (χ3n) is 5.19. The first kappa shape index (κ1) is 21.5. The molecule has 0 aromatic heterocycles. The number of allylic oxidation sites excluding steroid dienone is 2. The molecule has 9 atom stereocenters. The van der Waals surface area contributed by atoms with Crippen LogP contribution >= 0.6 is 11.8 Å². The van der Waals surface area contributed by atoms with Crippen LogP contribution in [0.2, 0.25) is 0 Å². The minimum absolute atomic E-state index is 0.0677. The molecule has 8 heteroatoms. The molecule has 0 aromatic rings. The Hall–Kier alpha value is 0.200. The minimum atomic E-state index is -1.46. The van der Waals surface area contributed by atoms with Crippen molar-refractivity contribution in [2.75, 3.05) is 5.75 Å². The highest BCUT2D eigenvalue weighted by Gasteiger charge is 2.48. The van der Waals surface area contributed by atoms with Gasteiger partial charge in [-0.25, -0.2) is 0 Å². The maximum Gasteiger partial charge on any atom is 0.132 e. The van der Waals surface area contributed by atoms with E-state index < -0.39 is 41.2 Å². The van der Waals surface area contributed by atoms with Crippen molar-refractivity contribution < 1.29 is 24.6 Å². The Morgan fingerprint density at radius 3 is 2.68 bits per heavy atom. The zero-order valence-corrected chi connectivity index (χ0v) is 16.5. The maximum atomic E-state index is 11.6. The fraction of sp³-hybridized carbons (Fsp3) is 0.882. The molecule has 2 aliphatic heterocycles. The van der Waals surface area contributed by atoms with Crippen LogP contribution in [0.4, 0.5) is 0 Å². The number of ether oxygens (including phenoxy) is 1. The molecule has 2 rings (SSSR count). The van der Waals surface area contributed by atoms with Gasteiger partial charge in [-0.2, -0.15) is 5.14 Å². The van der Waals surface area contributed by atoms with Crippen molar-refractivity contribution in [3.63, 3.8) is 0 Å². The van der Waals surface area contributed by atoms with Crippen molar-refractivity contribution in [1.82, 2.24) is 0 Å². The smallest absolute Gasteiger partial charge is 0.132 e. The van der Waals surface area contributed by atoms with E-state index in [9.17, 15) is 19.9 Å². The highest BCUT2D eigenvalue weighted by Crippen LogP contribution is 2.37. The van der Waals surface area contributed by atoms with Gasteiger partial charge in [-0.3, -0.25) is 0 Å². The van der Waals surface area contributed by atoms with Crippen molar-refractivity contribution in [3.8, 4) is 0 Å². The van der Waals surface area contributed by atoms with E-state index in [1.54, 1.807) is 0 Å². The highest BCUT2D eigenvalue weighted by atomic mass is 32.2. The molecule has 0 amide bonds. The van der Waals surface area contributed by atoms with Crippen molar-refractivity contribution >= 4 is 23.1 Å². The summed E-state index contributed by atoms with van der Waals surface area (Å²) in [7, 11) is 0. The molecule has 2 unspecified atom stereocenters. The molecule has 6 nitrogen and oxygen atoms in total. The summed E-state index contributed by atoms with van der Waals surface area (Å²) in [6.45, 7) is 3.85. The van der Waals surface area contributed by atoms with E-state index in [0.29, 0.717) is 6.42 Å². The van der Waals surface area contributed by atoms with Gasteiger partial charge in [-0.1, -0.05) is 19.1 Å². The monoisotopic (exact) mass is 393 g/mol. The van der Waals surface area contributed by atoms with E-state index in [2.05, 4.69) is 12.2 Å². The normalized spacial score (nSPS) is 42.9. The quantitative estimate of drug-likeness (QED) is 0.416. The van der Waals surface area contributed by atoms with Crippen molar-refractivity contribution in [2.24, 2.45) is 17.0 Å². The van der Waals surface area contributed by atoms with Gasteiger partial charge in [0.2, 0.25) is 0 Å². The molecule has 25 heavy (non-hydrogen) atoms. The van der Waals surface area contributed by atoms with Gasteiger partial charge >= 0.3 is 0 Å². The van der Waals surface area contributed by atoms with E-state index in [0.717, 1.165) is 25.0 Å². The summed E-state index contributed by atoms with van der Waals surface area (Å²) in [5.41, 5.74) is -0.569. The van der Waals surface area contributed by atoms with E-state index in [4.69, 9.17) is 9.88 Å². The summed E-state index contributed by atoms with van der Waals surface area (Å²) in [6, 6.07) is 0. The van der Waals surface area contributed by atoms with Gasteiger partial charge in [-0.15, -0.1) is 11.8 Å². The maximum absolute atomic E-state index is 11.6. The Kier molecular flexibility index (Phi) is 8.55. The van der Waals surface area contributed by atoms with Crippen LogP contribution < -0.4 is 5.14 Å². The SMILES string of the molecule is CC(C[C@H]1[C@H]2O[C@H](SCCCCC=C[C@H]1C)[C@H](O)[C@@H](O)[C@H]2O)[S+](N)[O-]. The first-order chi connectivity index (χ1) is 11.8. The predicted molar refractivity (Wildman–Crippen MR) is 101 cm³/mol. The van der Waals surface area contributed by atoms with Crippen LogP contribution in [0.1, 0.15) is 39.5 Å². The Bertz CT molecular complexity index is 439. The molecule has 2 bridgehead atoms.